The van der Waals surface area contributed by atoms with Crippen molar-refractivity contribution in [2.45, 2.75) is 31.9 Å². The Morgan fingerprint density at radius 3 is 2.37 bits per heavy atom. The van der Waals surface area contributed by atoms with Crippen molar-refractivity contribution < 1.29 is 40.3 Å². The highest BCUT2D eigenvalue weighted by Crippen LogP contribution is 2.38. The molecule has 0 radical (unpaired) electrons. The van der Waals surface area contributed by atoms with E-state index in [2.05, 4.69) is 14.9 Å². The molecule has 1 aliphatic heterocycles. The molecule has 1 aromatic carbocycles. The Morgan fingerprint density at radius 2 is 1.77 bits per heavy atom. The van der Waals surface area contributed by atoms with Crippen LogP contribution in [0.1, 0.15) is 40.3 Å². The Kier molecular flexibility index (Phi) is 5.80. The van der Waals surface area contributed by atoms with E-state index in [1.807, 2.05) is 0 Å². The smallest absolute Gasteiger partial charge is 0.403 e. The molecule has 0 bridgehead atoms. The average Bonchev–Trinajstić information content (AvgIpc) is 3.28. The summed E-state index contributed by atoms with van der Waals surface area (Å²) in [5.74, 6) is -3.46. The van der Waals surface area contributed by atoms with Crippen molar-refractivity contribution in [2.75, 3.05) is 6.54 Å². The number of nitrogens with zero attached hydrogens (tertiary/aromatic N) is 5. The highest BCUT2D eigenvalue weighted by Gasteiger charge is 2.39. The maximum absolute atomic E-state index is 14.7. The number of amides is 1. The molecule has 1 aliphatic rings. The number of ether oxygens (including phenoxy) is 1. The van der Waals surface area contributed by atoms with Gasteiger partial charge in [-0.3, -0.25) is 14.2 Å². The molecule has 1 atom stereocenters. The van der Waals surface area contributed by atoms with Crippen molar-refractivity contribution in [3.05, 3.63) is 52.6 Å². The molecule has 0 aliphatic carbocycles. The first kappa shape index (κ1) is 24.5. The van der Waals surface area contributed by atoms with Crippen LogP contribution in [-0.4, -0.2) is 43.3 Å². The largest absolute Gasteiger partial charge is 0.573 e. The summed E-state index contributed by atoms with van der Waals surface area (Å²) in [6.45, 7) is 1.62. The summed E-state index contributed by atoms with van der Waals surface area (Å²) in [6, 6.07) is 3.03. The molecule has 1 amide bonds. The molecule has 0 fully saturated rings. The van der Waals surface area contributed by atoms with Crippen LogP contribution in [0.4, 0.5) is 30.7 Å². The first-order valence-electron chi connectivity index (χ1n) is 10.2. The fourth-order valence-corrected chi connectivity index (χ4v) is 4.20. The SMILES string of the molecule is CC1c2nn(C)c(-c3cc(C(F)(F)F)nn3C)c2CCN1C(=O)c1cccc(OC(F)(F)F)c1F. The standard InChI is InChI=1S/C21H18F7N5O2/c1-10-17-12(18(32(3)30-17)13-9-15(20(23,24)25)29-31(13)2)7-8-33(10)19(34)11-5-4-6-14(16(11)22)35-21(26,27)28/h4-6,9-10H,7-8H2,1-3H3. The summed E-state index contributed by atoms with van der Waals surface area (Å²) >= 11 is 0. The zero-order valence-electron chi connectivity index (χ0n) is 18.5. The van der Waals surface area contributed by atoms with Gasteiger partial charge >= 0.3 is 12.5 Å². The number of hydrogen-bond donors (Lipinski definition) is 0. The molecule has 0 saturated heterocycles. The van der Waals surface area contributed by atoms with Gasteiger partial charge in [-0.1, -0.05) is 6.07 Å². The molecule has 188 valence electrons. The van der Waals surface area contributed by atoms with Crippen molar-refractivity contribution >= 4 is 5.91 Å². The molecule has 4 rings (SSSR count). The van der Waals surface area contributed by atoms with Crippen molar-refractivity contribution in [3.63, 3.8) is 0 Å². The normalized spacial score (nSPS) is 16.4. The highest BCUT2D eigenvalue weighted by molar-refractivity contribution is 5.95. The van der Waals surface area contributed by atoms with E-state index in [0.29, 0.717) is 17.0 Å². The summed E-state index contributed by atoms with van der Waals surface area (Å²) in [4.78, 5) is 14.3. The van der Waals surface area contributed by atoms with E-state index < -0.39 is 47.3 Å². The molecule has 7 nitrogen and oxygen atoms in total. The lowest BCUT2D eigenvalue weighted by Crippen LogP contribution is -2.39. The number of carbonyl (C=O) groups excluding carboxylic acids is 1. The summed E-state index contributed by atoms with van der Waals surface area (Å²) in [5.41, 5.74) is -0.156. The fraction of sp³-hybridized carbons (Fsp3) is 0.381. The van der Waals surface area contributed by atoms with Crippen molar-refractivity contribution in [3.8, 4) is 17.1 Å². The molecular formula is C21H18F7N5O2. The molecule has 2 aromatic heterocycles. The number of aryl methyl sites for hydroxylation is 2. The summed E-state index contributed by atoms with van der Waals surface area (Å²) < 4.78 is 97.8. The topological polar surface area (TPSA) is 65.2 Å². The predicted octanol–water partition coefficient (Wildman–Crippen LogP) is 4.64. The molecular weight excluding hydrogens is 487 g/mol. The first-order valence-corrected chi connectivity index (χ1v) is 10.2. The van der Waals surface area contributed by atoms with E-state index in [4.69, 9.17) is 0 Å². The Bertz CT molecular complexity index is 1290. The molecule has 0 spiro atoms. The van der Waals surface area contributed by atoms with Crippen molar-refractivity contribution in [1.29, 1.82) is 0 Å². The van der Waals surface area contributed by atoms with Gasteiger partial charge in [0.1, 0.15) is 0 Å². The summed E-state index contributed by atoms with van der Waals surface area (Å²) in [5, 5.41) is 7.89. The van der Waals surface area contributed by atoms with Crippen LogP contribution in [0, 0.1) is 5.82 Å². The monoisotopic (exact) mass is 505 g/mol. The predicted molar refractivity (Wildman–Crippen MR) is 107 cm³/mol. The van der Waals surface area contributed by atoms with E-state index in [1.54, 1.807) is 6.92 Å². The van der Waals surface area contributed by atoms with Gasteiger partial charge < -0.3 is 9.64 Å². The lowest BCUT2D eigenvalue weighted by Gasteiger charge is -2.33. The molecule has 0 saturated carbocycles. The van der Waals surface area contributed by atoms with Crippen LogP contribution in [0.25, 0.3) is 11.4 Å². The van der Waals surface area contributed by atoms with Crippen LogP contribution in [0.15, 0.2) is 24.3 Å². The second-order valence-corrected chi connectivity index (χ2v) is 7.96. The van der Waals surface area contributed by atoms with Gasteiger partial charge in [-0.05, 0) is 31.5 Å². The molecule has 35 heavy (non-hydrogen) atoms. The van der Waals surface area contributed by atoms with Crippen LogP contribution >= 0.6 is 0 Å². The van der Waals surface area contributed by atoms with Crippen LogP contribution in [-0.2, 0) is 26.7 Å². The van der Waals surface area contributed by atoms with E-state index in [1.165, 1.54) is 23.7 Å². The van der Waals surface area contributed by atoms with Crippen LogP contribution in [0.3, 0.4) is 0 Å². The molecule has 3 heterocycles. The number of benzene rings is 1. The lowest BCUT2D eigenvalue weighted by atomic mass is 9.96. The molecule has 3 aromatic rings. The fourth-order valence-electron chi connectivity index (χ4n) is 4.20. The number of halogens is 7. The average molecular weight is 505 g/mol. The van der Waals surface area contributed by atoms with Crippen LogP contribution < -0.4 is 4.74 Å². The Hall–Kier alpha value is -3.58. The Morgan fingerprint density at radius 1 is 1.09 bits per heavy atom. The minimum atomic E-state index is -5.14. The van der Waals surface area contributed by atoms with Gasteiger partial charge in [0.25, 0.3) is 5.91 Å². The number of aromatic nitrogens is 4. The van der Waals surface area contributed by atoms with Gasteiger partial charge in [0.15, 0.2) is 17.3 Å². The second kappa shape index (κ2) is 8.27. The Balaban J connectivity index is 1.68. The number of carbonyl (C=O) groups is 1. The minimum Gasteiger partial charge on any atom is -0.403 e. The third kappa shape index (κ3) is 4.44. The summed E-state index contributed by atoms with van der Waals surface area (Å²) in [6.07, 6.45) is -9.61. The van der Waals surface area contributed by atoms with E-state index in [-0.39, 0.29) is 18.7 Å². The number of rotatable bonds is 3. The second-order valence-electron chi connectivity index (χ2n) is 7.96. The zero-order valence-corrected chi connectivity index (χ0v) is 18.5. The van der Waals surface area contributed by atoms with Gasteiger partial charge in [0.2, 0.25) is 0 Å². The van der Waals surface area contributed by atoms with Gasteiger partial charge in [-0.2, -0.15) is 23.4 Å². The van der Waals surface area contributed by atoms with Gasteiger partial charge in [-0.15, -0.1) is 13.2 Å². The number of fused-ring (bicyclic) bond motifs is 1. The van der Waals surface area contributed by atoms with E-state index in [9.17, 15) is 35.5 Å². The molecule has 0 N–H and O–H groups in total. The minimum absolute atomic E-state index is 0.0273. The number of alkyl halides is 6. The first-order chi connectivity index (χ1) is 16.2. The van der Waals surface area contributed by atoms with Gasteiger partial charge in [0, 0.05) is 26.2 Å². The zero-order chi connectivity index (χ0) is 25.9. The van der Waals surface area contributed by atoms with E-state index >= 15 is 0 Å². The maximum atomic E-state index is 14.7. The Labute approximate surface area is 193 Å². The lowest BCUT2D eigenvalue weighted by molar-refractivity contribution is -0.275. The maximum Gasteiger partial charge on any atom is 0.573 e. The van der Waals surface area contributed by atoms with Crippen molar-refractivity contribution in [2.24, 2.45) is 14.1 Å². The van der Waals surface area contributed by atoms with Gasteiger partial charge in [-0.25, -0.2) is 4.39 Å². The van der Waals surface area contributed by atoms with Gasteiger partial charge in [0.05, 0.1) is 28.7 Å². The number of hydrogen-bond acceptors (Lipinski definition) is 4. The molecule has 1 unspecified atom stereocenters. The summed E-state index contributed by atoms with van der Waals surface area (Å²) in [7, 11) is 2.90. The van der Waals surface area contributed by atoms with Crippen LogP contribution in [0.5, 0.6) is 5.75 Å². The van der Waals surface area contributed by atoms with Crippen molar-refractivity contribution in [1.82, 2.24) is 24.5 Å². The van der Waals surface area contributed by atoms with E-state index in [0.717, 1.165) is 28.9 Å². The van der Waals surface area contributed by atoms with Crippen LogP contribution in [0.2, 0.25) is 0 Å². The quantitative estimate of drug-likeness (QED) is 0.487. The molecule has 14 heteroatoms. The third-order valence-corrected chi connectivity index (χ3v) is 5.74. The highest BCUT2D eigenvalue weighted by atomic mass is 19.4. The third-order valence-electron chi connectivity index (χ3n) is 5.74.